The van der Waals surface area contributed by atoms with Gasteiger partial charge in [0.15, 0.2) is 0 Å². The lowest BCUT2D eigenvalue weighted by Crippen LogP contribution is -2.34. The van der Waals surface area contributed by atoms with Gasteiger partial charge in [-0.1, -0.05) is 42.3 Å². The molecule has 8 heteroatoms. The van der Waals surface area contributed by atoms with Gasteiger partial charge in [0.2, 0.25) is 5.24 Å². The third kappa shape index (κ3) is 4.22. The van der Waals surface area contributed by atoms with Crippen LogP contribution in [-0.4, -0.2) is 20.2 Å². The summed E-state index contributed by atoms with van der Waals surface area (Å²) in [6.45, 7) is 1.47. The minimum atomic E-state index is -4.11. The number of hydrogen-bond donors (Lipinski definition) is 0. The molecule has 0 heterocycles. The second kappa shape index (κ2) is 7.74. The van der Waals surface area contributed by atoms with Crippen LogP contribution in [0.4, 0.5) is 5.69 Å². The Labute approximate surface area is 156 Å². The highest BCUT2D eigenvalue weighted by Gasteiger charge is 2.29. The molecule has 0 fully saturated rings. The van der Waals surface area contributed by atoms with E-state index in [1.807, 2.05) is 6.92 Å². The Hall–Kier alpha value is -1.27. The van der Waals surface area contributed by atoms with Crippen LogP contribution in [0, 0.1) is 0 Å². The molecule has 0 atom stereocenters. The molecule has 0 spiro atoms. The Morgan fingerprint density at radius 3 is 2.25 bits per heavy atom. The van der Waals surface area contributed by atoms with Gasteiger partial charge in [0.25, 0.3) is 10.0 Å². The van der Waals surface area contributed by atoms with E-state index in [-0.39, 0.29) is 14.9 Å². The van der Waals surface area contributed by atoms with Crippen molar-refractivity contribution < 1.29 is 13.2 Å². The van der Waals surface area contributed by atoms with E-state index < -0.39 is 21.8 Å². The van der Waals surface area contributed by atoms with Gasteiger partial charge in [-0.15, -0.1) is 0 Å². The Kier molecular flexibility index (Phi) is 6.15. The first-order valence-corrected chi connectivity index (χ1v) is 9.58. The number of carbonyl (C=O) groups is 1. The van der Waals surface area contributed by atoms with Crippen molar-refractivity contribution >= 4 is 55.8 Å². The standard InChI is InChI=1S/C16H14Cl3NO3S/c1-2-11-3-6-13(7-4-11)20(10-16(19)21)24(22,23)15-9-12(17)5-8-14(15)18/h3-9H,2,10H2,1H3. The van der Waals surface area contributed by atoms with E-state index >= 15 is 0 Å². The Morgan fingerprint density at radius 2 is 1.71 bits per heavy atom. The first-order chi connectivity index (χ1) is 11.3. The largest absolute Gasteiger partial charge is 0.279 e. The van der Waals surface area contributed by atoms with Gasteiger partial charge in [0.1, 0.15) is 11.4 Å². The van der Waals surface area contributed by atoms with E-state index in [1.54, 1.807) is 24.3 Å². The highest BCUT2D eigenvalue weighted by atomic mass is 35.5. The molecule has 0 aliphatic rings. The van der Waals surface area contributed by atoms with Gasteiger partial charge in [0, 0.05) is 5.02 Å². The summed E-state index contributed by atoms with van der Waals surface area (Å²) in [6, 6.07) is 10.9. The van der Waals surface area contributed by atoms with Crippen molar-refractivity contribution in [3.63, 3.8) is 0 Å². The smallest absolute Gasteiger partial charge is 0.266 e. The SMILES string of the molecule is CCc1ccc(N(CC(=O)Cl)S(=O)(=O)c2cc(Cl)ccc2Cl)cc1. The number of halogens is 3. The van der Waals surface area contributed by atoms with E-state index in [1.165, 1.54) is 18.2 Å². The van der Waals surface area contributed by atoms with Gasteiger partial charge in [-0.05, 0) is 53.9 Å². The summed E-state index contributed by atoms with van der Waals surface area (Å²) in [4.78, 5) is 11.2. The van der Waals surface area contributed by atoms with Crippen molar-refractivity contribution in [2.24, 2.45) is 0 Å². The number of sulfonamides is 1. The van der Waals surface area contributed by atoms with Crippen molar-refractivity contribution in [3.8, 4) is 0 Å². The van der Waals surface area contributed by atoms with Crippen LogP contribution in [0.15, 0.2) is 47.4 Å². The second-order valence-corrected chi connectivity index (χ2v) is 8.06. The average Bonchev–Trinajstić information content (AvgIpc) is 2.54. The van der Waals surface area contributed by atoms with Crippen molar-refractivity contribution in [3.05, 3.63) is 58.1 Å². The zero-order chi connectivity index (χ0) is 17.9. The molecule has 2 aromatic carbocycles. The molecule has 0 N–H and O–H groups in total. The highest BCUT2D eigenvalue weighted by Crippen LogP contribution is 2.31. The summed E-state index contributed by atoms with van der Waals surface area (Å²) in [5.41, 5.74) is 1.35. The van der Waals surface area contributed by atoms with Gasteiger partial charge in [-0.2, -0.15) is 0 Å². The summed E-state index contributed by atoms with van der Waals surface area (Å²) in [6.07, 6.45) is 0.807. The minimum absolute atomic E-state index is 0.0107. The van der Waals surface area contributed by atoms with E-state index in [0.717, 1.165) is 16.3 Å². The molecule has 0 aliphatic heterocycles. The number of rotatable bonds is 6. The topological polar surface area (TPSA) is 54.5 Å². The lowest BCUT2D eigenvalue weighted by molar-refractivity contribution is -0.110. The minimum Gasteiger partial charge on any atom is -0.279 e. The van der Waals surface area contributed by atoms with Crippen molar-refractivity contribution in [1.29, 1.82) is 0 Å². The van der Waals surface area contributed by atoms with Crippen LogP contribution >= 0.6 is 34.8 Å². The van der Waals surface area contributed by atoms with E-state index in [4.69, 9.17) is 34.8 Å². The fourth-order valence-electron chi connectivity index (χ4n) is 2.12. The van der Waals surface area contributed by atoms with Crippen LogP contribution in [0.5, 0.6) is 0 Å². The van der Waals surface area contributed by atoms with Gasteiger partial charge < -0.3 is 0 Å². The van der Waals surface area contributed by atoms with Crippen LogP contribution in [0.3, 0.4) is 0 Å². The quantitative estimate of drug-likeness (QED) is 0.663. The first kappa shape index (κ1) is 19.1. The van der Waals surface area contributed by atoms with Crippen molar-refractivity contribution in [2.45, 2.75) is 18.2 Å². The summed E-state index contributed by atoms with van der Waals surface area (Å²) in [5.74, 6) is 0. The third-order valence-electron chi connectivity index (χ3n) is 3.36. The molecule has 0 saturated carbocycles. The molecule has 0 aromatic heterocycles. The lowest BCUT2D eigenvalue weighted by atomic mass is 10.1. The molecule has 2 aromatic rings. The Balaban J connectivity index is 2.57. The van der Waals surface area contributed by atoms with Gasteiger partial charge in [-0.25, -0.2) is 8.42 Å². The number of anilines is 1. The Morgan fingerprint density at radius 1 is 1.08 bits per heavy atom. The van der Waals surface area contributed by atoms with E-state index in [2.05, 4.69) is 0 Å². The summed E-state index contributed by atoms with van der Waals surface area (Å²) < 4.78 is 26.9. The monoisotopic (exact) mass is 405 g/mol. The molecular formula is C16H14Cl3NO3S. The summed E-state index contributed by atoms with van der Waals surface area (Å²) in [5, 5.41) is -0.579. The maximum atomic E-state index is 13.0. The van der Waals surface area contributed by atoms with E-state index in [9.17, 15) is 13.2 Å². The maximum Gasteiger partial charge on any atom is 0.266 e. The molecular weight excluding hydrogens is 393 g/mol. The predicted molar refractivity (Wildman–Crippen MR) is 97.7 cm³/mol. The van der Waals surface area contributed by atoms with Crippen LogP contribution in [0.25, 0.3) is 0 Å². The first-order valence-electron chi connectivity index (χ1n) is 7.00. The number of nitrogens with zero attached hydrogens (tertiary/aromatic N) is 1. The van der Waals surface area contributed by atoms with Crippen LogP contribution < -0.4 is 4.31 Å². The van der Waals surface area contributed by atoms with Gasteiger partial charge in [0.05, 0.1) is 10.7 Å². The molecule has 4 nitrogen and oxygen atoms in total. The number of carbonyl (C=O) groups excluding carboxylic acids is 1. The zero-order valence-electron chi connectivity index (χ0n) is 12.7. The summed E-state index contributed by atoms with van der Waals surface area (Å²) >= 11 is 17.3. The average molecular weight is 407 g/mol. The lowest BCUT2D eigenvalue weighted by Gasteiger charge is -2.23. The summed E-state index contributed by atoms with van der Waals surface area (Å²) in [7, 11) is -4.11. The fraction of sp³-hybridized carbons (Fsp3) is 0.188. The molecule has 0 unspecified atom stereocenters. The predicted octanol–water partition coefficient (Wildman–Crippen LogP) is 4.52. The molecule has 0 bridgehead atoms. The molecule has 0 amide bonds. The van der Waals surface area contributed by atoms with Crippen LogP contribution in [0.2, 0.25) is 10.0 Å². The molecule has 0 aliphatic carbocycles. The fourth-order valence-corrected chi connectivity index (χ4v) is 4.47. The van der Waals surface area contributed by atoms with Gasteiger partial charge in [-0.3, -0.25) is 9.10 Å². The molecule has 128 valence electrons. The van der Waals surface area contributed by atoms with Crippen LogP contribution in [-0.2, 0) is 21.2 Å². The van der Waals surface area contributed by atoms with Crippen LogP contribution in [0.1, 0.15) is 12.5 Å². The molecule has 0 radical (unpaired) electrons. The number of benzene rings is 2. The third-order valence-corrected chi connectivity index (χ3v) is 5.97. The zero-order valence-corrected chi connectivity index (χ0v) is 15.8. The number of hydrogen-bond acceptors (Lipinski definition) is 3. The normalized spacial score (nSPS) is 11.3. The molecule has 2 rings (SSSR count). The number of aryl methyl sites for hydroxylation is 1. The van der Waals surface area contributed by atoms with E-state index in [0.29, 0.717) is 5.69 Å². The van der Waals surface area contributed by atoms with Gasteiger partial charge >= 0.3 is 0 Å². The maximum absolute atomic E-state index is 13.0. The van der Waals surface area contributed by atoms with Crippen molar-refractivity contribution in [2.75, 3.05) is 10.8 Å². The highest BCUT2D eigenvalue weighted by molar-refractivity contribution is 7.93. The Bertz CT molecular complexity index is 851. The molecule has 24 heavy (non-hydrogen) atoms. The molecule has 0 saturated heterocycles. The second-order valence-electron chi connectivity index (χ2n) is 4.96. The van der Waals surface area contributed by atoms with Crippen molar-refractivity contribution in [1.82, 2.24) is 0 Å².